The van der Waals surface area contributed by atoms with Crippen molar-refractivity contribution < 1.29 is 4.52 Å². The zero-order valence-electron chi connectivity index (χ0n) is 16.7. The Morgan fingerprint density at radius 2 is 1.74 bits per heavy atom. The minimum Gasteiger partial charge on any atom is -0.364 e. The highest BCUT2D eigenvalue weighted by Crippen LogP contribution is 2.34. The number of aromatic nitrogens is 4. The zero-order chi connectivity index (χ0) is 21.0. The molecule has 0 aliphatic heterocycles. The fourth-order valence-electron chi connectivity index (χ4n) is 3.47. The van der Waals surface area contributed by atoms with E-state index in [2.05, 4.69) is 33.7 Å². The fourth-order valence-corrected chi connectivity index (χ4v) is 3.47. The number of benzene rings is 2. The molecule has 7 nitrogen and oxygen atoms in total. The molecule has 0 amide bonds. The standard InChI is InChI=1S/C24H20N6O/c25-14-18-13-21(31-30-18)23-28-20-11-6-10-19(16-7-2-1-3-8-16)22(20)24(29-23)27-15-17-9-4-5-12-26-17/h1-13H,14-15,25H2,(H,27,28,29). The van der Waals surface area contributed by atoms with Crippen LogP contribution in [0.4, 0.5) is 5.82 Å². The second kappa shape index (κ2) is 8.33. The van der Waals surface area contributed by atoms with Crippen molar-refractivity contribution in [3.05, 3.63) is 90.4 Å². The molecule has 0 atom stereocenters. The van der Waals surface area contributed by atoms with Gasteiger partial charge in [0, 0.05) is 18.8 Å². The number of rotatable bonds is 6. The van der Waals surface area contributed by atoms with Gasteiger partial charge in [-0.2, -0.15) is 0 Å². The number of pyridine rings is 1. The van der Waals surface area contributed by atoms with Crippen molar-refractivity contribution in [1.29, 1.82) is 0 Å². The maximum absolute atomic E-state index is 5.68. The minimum absolute atomic E-state index is 0.292. The summed E-state index contributed by atoms with van der Waals surface area (Å²) in [6, 6.07) is 23.8. The number of fused-ring (bicyclic) bond motifs is 1. The maximum Gasteiger partial charge on any atom is 0.204 e. The third-order valence-electron chi connectivity index (χ3n) is 4.96. The van der Waals surface area contributed by atoms with Crippen molar-refractivity contribution in [1.82, 2.24) is 20.1 Å². The molecule has 3 heterocycles. The summed E-state index contributed by atoms with van der Waals surface area (Å²) >= 11 is 0. The van der Waals surface area contributed by atoms with E-state index in [-0.39, 0.29) is 0 Å². The largest absolute Gasteiger partial charge is 0.364 e. The molecule has 3 N–H and O–H groups in total. The predicted octanol–water partition coefficient (Wildman–Crippen LogP) is 4.42. The Morgan fingerprint density at radius 3 is 2.52 bits per heavy atom. The smallest absolute Gasteiger partial charge is 0.204 e. The van der Waals surface area contributed by atoms with Crippen LogP contribution in [0.1, 0.15) is 11.4 Å². The molecule has 0 unspecified atom stereocenters. The number of nitrogens with two attached hydrogens (primary N) is 1. The quantitative estimate of drug-likeness (QED) is 0.429. The second-order valence-corrected chi connectivity index (χ2v) is 7.02. The van der Waals surface area contributed by atoms with Gasteiger partial charge < -0.3 is 15.6 Å². The molecule has 2 aromatic carbocycles. The highest BCUT2D eigenvalue weighted by atomic mass is 16.5. The Labute approximate surface area is 179 Å². The molecule has 0 saturated heterocycles. The molecular formula is C24H20N6O. The van der Waals surface area contributed by atoms with Crippen LogP contribution in [0.5, 0.6) is 0 Å². The van der Waals surface area contributed by atoms with Gasteiger partial charge >= 0.3 is 0 Å². The van der Waals surface area contributed by atoms with Gasteiger partial charge in [0.2, 0.25) is 11.6 Å². The van der Waals surface area contributed by atoms with Gasteiger partial charge in [-0.25, -0.2) is 9.97 Å². The van der Waals surface area contributed by atoms with Crippen molar-refractivity contribution >= 4 is 16.7 Å². The van der Waals surface area contributed by atoms with E-state index in [9.17, 15) is 0 Å². The second-order valence-electron chi connectivity index (χ2n) is 7.02. The minimum atomic E-state index is 0.292. The van der Waals surface area contributed by atoms with Crippen LogP contribution in [0.3, 0.4) is 0 Å². The number of hydrogen-bond donors (Lipinski definition) is 2. The topological polar surface area (TPSA) is 103 Å². The van der Waals surface area contributed by atoms with Crippen LogP contribution in [0, 0.1) is 0 Å². The Morgan fingerprint density at radius 1 is 0.871 bits per heavy atom. The molecular weight excluding hydrogens is 388 g/mol. The lowest BCUT2D eigenvalue weighted by Crippen LogP contribution is -2.06. The lowest BCUT2D eigenvalue weighted by atomic mass is 10.0. The Kier molecular flexibility index (Phi) is 5.08. The van der Waals surface area contributed by atoms with E-state index in [1.54, 1.807) is 12.3 Å². The lowest BCUT2D eigenvalue weighted by molar-refractivity contribution is 0.421. The highest BCUT2D eigenvalue weighted by molar-refractivity contribution is 6.02. The molecule has 0 aliphatic carbocycles. The van der Waals surface area contributed by atoms with Gasteiger partial charge in [0.1, 0.15) is 5.82 Å². The SMILES string of the molecule is NCc1cc(-c2nc(NCc3ccccn3)c3c(-c4ccccc4)cccc3n2)on1. The Bertz CT molecular complexity index is 1320. The Balaban J connectivity index is 1.66. The first-order valence-corrected chi connectivity index (χ1v) is 9.98. The normalized spacial score (nSPS) is 11.0. The third kappa shape index (κ3) is 3.86. The monoisotopic (exact) mass is 408 g/mol. The van der Waals surface area contributed by atoms with Gasteiger partial charge in [-0.3, -0.25) is 4.98 Å². The zero-order valence-corrected chi connectivity index (χ0v) is 16.7. The molecule has 31 heavy (non-hydrogen) atoms. The molecule has 7 heteroatoms. The molecule has 0 saturated carbocycles. The van der Waals surface area contributed by atoms with Crippen molar-refractivity contribution in [3.8, 4) is 22.7 Å². The highest BCUT2D eigenvalue weighted by Gasteiger charge is 2.16. The van der Waals surface area contributed by atoms with E-state index in [1.165, 1.54) is 0 Å². The first-order chi connectivity index (χ1) is 15.3. The predicted molar refractivity (Wildman–Crippen MR) is 120 cm³/mol. The number of hydrogen-bond acceptors (Lipinski definition) is 7. The summed E-state index contributed by atoms with van der Waals surface area (Å²) in [5, 5.41) is 8.35. The summed E-state index contributed by atoms with van der Waals surface area (Å²) in [7, 11) is 0. The maximum atomic E-state index is 5.68. The number of nitrogens with zero attached hydrogens (tertiary/aromatic N) is 4. The molecule has 5 aromatic rings. The van der Waals surface area contributed by atoms with E-state index >= 15 is 0 Å². The molecule has 0 aliphatic rings. The van der Waals surface area contributed by atoms with Crippen molar-refractivity contribution in [2.45, 2.75) is 13.1 Å². The van der Waals surface area contributed by atoms with Crippen LogP contribution in [-0.2, 0) is 13.1 Å². The number of anilines is 1. The van der Waals surface area contributed by atoms with E-state index in [1.807, 2.05) is 48.5 Å². The average Bonchev–Trinajstić information content (AvgIpc) is 3.33. The summed E-state index contributed by atoms with van der Waals surface area (Å²) in [6.07, 6.45) is 1.78. The van der Waals surface area contributed by atoms with Crippen LogP contribution in [0.25, 0.3) is 33.6 Å². The molecule has 3 aromatic heterocycles. The molecule has 0 radical (unpaired) electrons. The van der Waals surface area contributed by atoms with Crippen LogP contribution in [0.2, 0.25) is 0 Å². The summed E-state index contributed by atoms with van der Waals surface area (Å²) in [5.74, 6) is 1.64. The molecule has 5 rings (SSSR count). The molecule has 0 spiro atoms. The van der Waals surface area contributed by atoms with Crippen molar-refractivity contribution in [2.24, 2.45) is 5.73 Å². The summed E-state index contributed by atoms with van der Waals surface area (Å²) < 4.78 is 5.43. The van der Waals surface area contributed by atoms with Crippen LogP contribution >= 0.6 is 0 Å². The van der Waals surface area contributed by atoms with Crippen LogP contribution < -0.4 is 11.1 Å². The van der Waals surface area contributed by atoms with Gasteiger partial charge in [0.15, 0.2) is 0 Å². The van der Waals surface area contributed by atoms with Gasteiger partial charge in [0.05, 0.1) is 28.8 Å². The lowest BCUT2D eigenvalue weighted by Gasteiger charge is -2.13. The fraction of sp³-hybridized carbons (Fsp3) is 0.0833. The van der Waals surface area contributed by atoms with Crippen molar-refractivity contribution in [3.63, 3.8) is 0 Å². The van der Waals surface area contributed by atoms with E-state index in [0.717, 1.165) is 27.7 Å². The molecule has 152 valence electrons. The van der Waals surface area contributed by atoms with Gasteiger partial charge in [-0.15, -0.1) is 0 Å². The van der Waals surface area contributed by atoms with Gasteiger partial charge in [0.25, 0.3) is 0 Å². The van der Waals surface area contributed by atoms with Gasteiger partial charge in [-0.1, -0.05) is 53.7 Å². The summed E-state index contributed by atoms with van der Waals surface area (Å²) in [5.41, 5.74) is 10.2. The van der Waals surface area contributed by atoms with E-state index in [4.69, 9.17) is 20.2 Å². The molecule has 0 fully saturated rings. The van der Waals surface area contributed by atoms with Crippen LogP contribution in [0.15, 0.2) is 83.5 Å². The first-order valence-electron chi connectivity index (χ1n) is 9.98. The van der Waals surface area contributed by atoms with Gasteiger partial charge in [-0.05, 0) is 29.3 Å². The van der Waals surface area contributed by atoms with E-state index in [0.29, 0.717) is 36.2 Å². The molecule has 0 bridgehead atoms. The third-order valence-corrected chi connectivity index (χ3v) is 4.96. The average molecular weight is 408 g/mol. The van der Waals surface area contributed by atoms with Crippen molar-refractivity contribution in [2.75, 3.05) is 5.32 Å². The summed E-state index contributed by atoms with van der Waals surface area (Å²) in [6.45, 7) is 0.819. The first kappa shape index (κ1) is 18.9. The summed E-state index contributed by atoms with van der Waals surface area (Å²) in [4.78, 5) is 14.0. The van der Waals surface area contributed by atoms with E-state index < -0.39 is 0 Å². The number of nitrogens with one attached hydrogen (secondary N) is 1. The Hall–Kier alpha value is -4.10. The van der Waals surface area contributed by atoms with Crippen LogP contribution in [-0.4, -0.2) is 20.1 Å².